The monoisotopic (exact) mass is 534 g/mol. The molecule has 0 bridgehead atoms. The van der Waals surface area contributed by atoms with Crippen molar-refractivity contribution in [1.29, 1.82) is 0 Å². The molecule has 3 aliphatic rings. The lowest BCUT2D eigenvalue weighted by Crippen LogP contribution is -2.53. The highest BCUT2D eigenvalue weighted by atomic mass is 35.5. The van der Waals surface area contributed by atoms with Crippen LogP contribution in [-0.2, 0) is 14.3 Å². The third-order valence-corrected chi connectivity index (χ3v) is 7.96. The van der Waals surface area contributed by atoms with Gasteiger partial charge in [-0.3, -0.25) is 14.4 Å². The van der Waals surface area contributed by atoms with Crippen molar-refractivity contribution in [2.75, 3.05) is 36.5 Å². The molecule has 2 saturated carbocycles. The van der Waals surface area contributed by atoms with E-state index in [0.29, 0.717) is 27.7 Å². The van der Waals surface area contributed by atoms with Gasteiger partial charge in [0.25, 0.3) is 11.8 Å². The molecule has 0 radical (unpaired) electrons. The summed E-state index contributed by atoms with van der Waals surface area (Å²) in [6, 6.07) is 7.09. The van der Waals surface area contributed by atoms with Crippen molar-refractivity contribution < 1.29 is 23.5 Å². The molecule has 0 spiro atoms. The number of thiophene rings is 1. The molecular weight excluding hydrogens is 507 g/mol. The van der Waals surface area contributed by atoms with Gasteiger partial charge in [0.1, 0.15) is 18.5 Å². The fraction of sp³-hybridized carbons (Fsp3) is 0.480. The van der Waals surface area contributed by atoms with E-state index in [4.69, 9.17) is 16.3 Å². The van der Waals surface area contributed by atoms with E-state index in [2.05, 4.69) is 16.0 Å². The van der Waals surface area contributed by atoms with Crippen LogP contribution in [0, 0.1) is 17.7 Å². The van der Waals surface area contributed by atoms with Crippen LogP contribution in [0.25, 0.3) is 0 Å². The smallest absolute Gasteiger partial charge is 0.261 e. The van der Waals surface area contributed by atoms with Crippen LogP contribution in [-0.4, -0.2) is 56.1 Å². The number of carbonyl (C=O) groups excluding carboxylic acids is 3. The predicted molar refractivity (Wildman–Crippen MR) is 136 cm³/mol. The number of hydrogen-bond donors (Lipinski definition) is 3. The lowest BCUT2D eigenvalue weighted by atomic mass is 10.1. The third-order valence-electron chi connectivity index (χ3n) is 6.73. The SMILES string of the molecule is O=C(NC[C@@H](NC(C1CC1)C1CC1)C(=O)Nc1ccc(N2CCOCC2=O)c(F)c1)c1ccc(Cl)s1. The second-order valence-electron chi connectivity index (χ2n) is 9.49. The number of anilines is 2. The van der Waals surface area contributed by atoms with E-state index in [0.717, 1.165) is 25.7 Å². The number of amides is 3. The quantitative estimate of drug-likeness (QED) is 0.434. The van der Waals surface area contributed by atoms with Gasteiger partial charge in [-0.25, -0.2) is 4.39 Å². The molecule has 2 aliphatic carbocycles. The highest BCUT2D eigenvalue weighted by molar-refractivity contribution is 7.18. The molecule has 3 N–H and O–H groups in total. The summed E-state index contributed by atoms with van der Waals surface area (Å²) in [5.41, 5.74) is 0.430. The third kappa shape index (κ3) is 6.05. The van der Waals surface area contributed by atoms with E-state index < -0.39 is 11.9 Å². The average molecular weight is 535 g/mol. The molecule has 8 nitrogen and oxygen atoms in total. The summed E-state index contributed by atoms with van der Waals surface area (Å²) in [6.07, 6.45) is 4.54. The fourth-order valence-corrected chi connectivity index (χ4v) is 5.51. The van der Waals surface area contributed by atoms with Crippen molar-refractivity contribution in [3.8, 4) is 0 Å². The highest BCUT2D eigenvalue weighted by Gasteiger charge is 2.43. The van der Waals surface area contributed by atoms with E-state index in [1.807, 2.05) is 0 Å². The van der Waals surface area contributed by atoms with Crippen molar-refractivity contribution >= 4 is 52.0 Å². The first-order valence-electron chi connectivity index (χ1n) is 12.2. The van der Waals surface area contributed by atoms with Crippen LogP contribution in [0.3, 0.4) is 0 Å². The Kier molecular flexibility index (Phi) is 7.57. The first-order valence-corrected chi connectivity index (χ1v) is 13.4. The topological polar surface area (TPSA) is 99.8 Å². The van der Waals surface area contributed by atoms with Gasteiger partial charge in [0.15, 0.2) is 0 Å². The zero-order valence-electron chi connectivity index (χ0n) is 19.6. The van der Waals surface area contributed by atoms with Gasteiger partial charge in [0.2, 0.25) is 5.91 Å². The fourth-order valence-electron chi connectivity index (χ4n) is 4.55. The second kappa shape index (κ2) is 10.8. The van der Waals surface area contributed by atoms with E-state index in [-0.39, 0.29) is 54.8 Å². The van der Waals surface area contributed by atoms with Gasteiger partial charge in [0.05, 0.1) is 21.5 Å². The van der Waals surface area contributed by atoms with Gasteiger partial charge in [0, 0.05) is 24.8 Å². The first kappa shape index (κ1) is 25.1. The molecule has 192 valence electrons. The number of nitrogens with zero attached hydrogens (tertiary/aromatic N) is 1. The number of nitrogens with one attached hydrogen (secondary N) is 3. The Hall–Kier alpha value is -2.53. The lowest BCUT2D eigenvalue weighted by Gasteiger charge is -2.27. The van der Waals surface area contributed by atoms with Crippen molar-refractivity contribution in [1.82, 2.24) is 10.6 Å². The highest BCUT2D eigenvalue weighted by Crippen LogP contribution is 2.44. The second-order valence-corrected chi connectivity index (χ2v) is 11.2. The molecule has 11 heteroatoms. The molecule has 5 rings (SSSR count). The number of halogens is 2. The molecule has 1 aromatic carbocycles. The molecule has 1 aromatic heterocycles. The minimum absolute atomic E-state index is 0.0823. The maximum absolute atomic E-state index is 14.9. The van der Waals surface area contributed by atoms with Crippen molar-refractivity contribution in [3.63, 3.8) is 0 Å². The summed E-state index contributed by atoms with van der Waals surface area (Å²) in [5.74, 6) is -0.490. The van der Waals surface area contributed by atoms with Crippen molar-refractivity contribution in [2.45, 2.75) is 37.8 Å². The van der Waals surface area contributed by atoms with Crippen LogP contribution in [0.4, 0.5) is 15.8 Å². The predicted octanol–water partition coefficient (Wildman–Crippen LogP) is 3.42. The summed E-state index contributed by atoms with van der Waals surface area (Å²) in [6.45, 7) is 0.604. The van der Waals surface area contributed by atoms with Crippen LogP contribution in [0.1, 0.15) is 35.4 Å². The Balaban J connectivity index is 1.27. The number of rotatable bonds is 10. The van der Waals surface area contributed by atoms with E-state index in [1.165, 1.54) is 28.4 Å². The lowest BCUT2D eigenvalue weighted by molar-refractivity contribution is -0.125. The van der Waals surface area contributed by atoms with Gasteiger partial charge < -0.3 is 25.6 Å². The van der Waals surface area contributed by atoms with Crippen molar-refractivity contribution in [2.24, 2.45) is 11.8 Å². The standard InChI is InChI=1S/C25H28ClFN4O4S/c26-21-8-7-20(36-21)25(34)28-12-18(30-23(14-1-2-14)15-3-4-15)24(33)29-16-5-6-19(17(27)11-16)31-9-10-35-13-22(31)32/h5-8,11,14-15,18,23,30H,1-4,9-10,12-13H2,(H,28,34)(H,29,33)/t18-/m1/s1. The maximum Gasteiger partial charge on any atom is 0.261 e. The van der Waals surface area contributed by atoms with Crippen molar-refractivity contribution in [3.05, 3.63) is 45.4 Å². The van der Waals surface area contributed by atoms with Crippen LogP contribution in [0.15, 0.2) is 30.3 Å². The molecule has 1 atom stereocenters. The molecule has 36 heavy (non-hydrogen) atoms. The zero-order chi connectivity index (χ0) is 25.2. The number of ether oxygens (including phenoxy) is 1. The van der Waals surface area contributed by atoms with Gasteiger partial charge in [-0.05, 0) is 67.9 Å². The summed E-state index contributed by atoms with van der Waals surface area (Å²) >= 11 is 7.12. The summed E-state index contributed by atoms with van der Waals surface area (Å²) in [4.78, 5) is 39.7. The van der Waals surface area contributed by atoms with Crippen LogP contribution < -0.4 is 20.9 Å². The van der Waals surface area contributed by atoms with E-state index in [1.54, 1.807) is 18.2 Å². The Morgan fingerprint density at radius 1 is 1.17 bits per heavy atom. The largest absolute Gasteiger partial charge is 0.370 e. The Bertz CT molecular complexity index is 1140. The number of benzene rings is 1. The van der Waals surface area contributed by atoms with Crippen LogP contribution >= 0.6 is 22.9 Å². The molecular formula is C25H28ClFN4O4S. The molecule has 1 saturated heterocycles. The number of hydrogen-bond acceptors (Lipinski definition) is 6. The average Bonchev–Trinajstić information content (AvgIpc) is 3.79. The molecule has 0 unspecified atom stereocenters. The summed E-state index contributed by atoms with van der Waals surface area (Å²) in [7, 11) is 0. The Morgan fingerprint density at radius 2 is 1.92 bits per heavy atom. The number of morpholine rings is 1. The Morgan fingerprint density at radius 3 is 2.53 bits per heavy atom. The maximum atomic E-state index is 14.9. The summed E-state index contributed by atoms with van der Waals surface area (Å²) < 4.78 is 20.5. The minimum Gasteiger partial charge on any atom is -0.370 e. The van der Waals surface area contributed by atoms with Gasteiger partial charge in [-0.15, -0.1) is 11.3 Å². The van der Waals surface area contributed by atoms with Gasteiger partial charge in [-0.1, -0.05) is 11.6 Å². The summed E-state index contributed by atoms with van der Waals surface area (Å²) in [5, 5.41) is 9.09. The normalized spacial score (nSPS) is 18.9. The van der Waals surface area contributed by atoms with Crippen LogP contribution in [0.2, 0.25) is 4.34 Å². The van der Waals surface area contributed by atoms with Gasteiger partial charge in [-0.2, -0.15) is 0 Å². The molecule has 3 fully saturated rings. The van der Waals surface area contributed by atoms with Crippen LogP contribution in [0.5, 0.6) is 0 Å². The van der Waals surface area contributed by atoms with E-state index in [9.17, 15) is 18.8 Å². The first-order chi connectivity index (χ1) is 17.4. The molecule has 2 heterocycles. The molecule has 2 aromatic rings. The zero-order valence-corrected chi connectivity index (χ0v) is 21.2. The Labute approximate surface area is 217 Å². The van der Waals surface area contributed by atoms with Gasteiger partial charge >= 0.3 is 0 Å². The van der Waals surface area contributed by atoms with E-state index >= 15 is 0 Å². The number of carbonyl (C=O) groups is 3. The minimum atomic E-state index is -0.695. The molecule has 1 aliphatic heterocycles. The molecule has 3 amide bonds.